The van der Waals surface area contributed by atoms with E-state index in [9.17, 15) is 0 Å². The van der Waals surface area contributed by atoms with Gasteiger partial charge in [-0.25, -0.2) is 0 Å². The van der Waals surface area contributed by atoms with Gasteiger partial charge in [-0.2, -0.15) is 0 Å². The van der Waals surface area contributed by atoms with Crippen molar-refractivity contribution in [3.8, 4) is 33.4 Å². The fourth-order valence-corrected chi connectivity index (χ4v) is 12.7. The second-order valence-electron chi connectivity index (χ2n) is 18.2. The Kier molecular flexibility index (Phi) is 7.92. The first-order valence-corrected chi connectivity index (χ1v) is 23.2. The quantitative estimate of drug-likeness (QED) is 0.122. The molecule has 0 unspecified atom stereocenters. The molecule has 3 aliphatic rings. The second kappa shape index (κ2) is 14.1. The Morgan fingerprint density at radius 1 is 0.273 bits per heavy atom. The van der Waals surface area contributed by atoms with Gasteiger partial charge in [0.2, 0.25) is 0 Å². The van der Waals surface area contributed by atoms with Crippen LogP contribution in [0.2, 0.25) is 0 Å². The van der Waals surface area contributed by atoms with Crippen LogP contribution in [-0.4, -0.2) is 0 Å². The van der Waals surface area contributed by atoms with E-state index in [1.807, 2.05) is 0 Å². The molecule has 0 bridgehead atoms. The van der Waals surface area contributed by atoms with E-state index in [1.165, 1.54) is 122 Å². The van der Waals surface area contributed by atoms with E-state index in [0.717, 1.165) is 0 Å². The van der Waals surface area contributed by atoms with Gasteiger partial charge in [-0.05, 0) is 134 Å². The van der Waals surface area contributed by atoms with Crippen molar-refractivity contribution in [2.75, 3.05) is 0 Å². The van der Waals surface area contributed by atoms with Crippen LogP contribution in [0.15, 0.2) is 249 Å². The topological polar surface area (TPSA) is 0 Å². The van der Waals surface area contributed by atoms with E-state index in [1.54, 1.807) is 0 Å². The van der Waals surface area contributed by atoms with Gasteiger partial charge < -0.3 is 0 Å². The molecule has 0 aliphatic heterocycles. The van der Waals surface area contributed by atoms with Gasteiger partial charge in [0, 0.05) is 0 Å². The summed E-state index contributed by atoms with van der Waals surface area (Å²) in [4.78, 5) is 0. The maximum Gasteiger partial charge on any atom is 0.0720 e. The van der Waals surface area contributed by atoms with Gasteiger partial charge in [-0.15, -0.1) is 0 Å². The van der Waals surface area contributed by atoms with Crippen molar-refractivity contribution in [1.82, 2.24) is 0 Å². The van der Waals surface area contributed by atoms with E-state index in [-0.39, 0.29) is 0 Å². The Hall–Kier alpha value is -8.32. The van der Waals surface area contributed by atoms with Crippen LogP contribution >= 0.6 is 0 Å². The molecule has 0 nitrogen and oxygen atoms in total. The van der Waals surface area contributed by atoms with Crippen LogP contribution in [0.1, 0.15) is 61.2 Å². The minimum Gasteiger partial charge on any atom is -0.0622 e. The molecule has 3 aliphatic carbocycles. The minimum absolute atomic E-state index is 0.528. The predicted octanol–water partition coefficient (Wildman–Crippen LogP) is 16.3. The zero-order valence-corrected chi connectivity index (χ0v) is 36.2. The van der Waals surface area contributed by atoms with Gasteiger partial charge in [-0.3, -0.25) is 0 Å². The lowest BCUT2D eigenvalue weighted by atomic mass is 9.52. The van der Waals surface area contributed by atoms with E-state index < -0.39 is 10.8 Å². The van der Waals surface area contributed by atoms with Gasteiger partial charge in [-0.1, -0.05) is 243 Å². The molecule has 66 heavy (non-hydrogen) atoms. The van der Waals surface area contributed by atoms with Crippen molar-refractivity contribution in [3.05, 3.63) is 310 Å². The summed E-state index contributed by atoms with van der Waals surface area (Å²) in [6.45, 7) is 0. The lowest BCUT2D eigenvalue weighted by Gasteiger charge is -2.49. The first kappa shape index (κ1) is 37.1. The summed E-state index contributed by atoms with van der Waals surface area (Å²) in [7, 11) is 0. The standard InChI is InChI=1S/C66H42/c1-3-21-43(22-4-1)54(44-23-5-2-6-24-44)42-55-46-25-7-9-31-52(46)64(53-32-10-8-26-47(53)55)45-39-40-62-63(41-45)66(58-35-17-13-29-50(58)51-30-14-18-36-59(51)66)61-38-20-19-37-60(61)65(62)56-33-15-11-27-48(56)49-28-12-16-34-57(49)65/h1-42H. The summed E-state index contributed by atoms with van der Waals surface area (Å²) in [5.74, 6) is 0. The SMILES string of the molecule is C(=C(c1ccccc1)c1ccccc1)c1c2ccccc2c(-c2ccc3c(c2)C2(c4ccccc4-c4ccccc42)c2ccccc2C32c3ccccc3-c3ccccc32)c2ccccc12. The molecule has 0 heterocycles. The van der Waals surface area contributed by atoms with Crippen LogP contribution in [0, 0.1) is 0 Å². The van der Waals surface area contributed by atoms with E-state index in [4.69, 9.17) is 0 Å². The molecule has 0 N–H and O–H groups in total. The molecular formula is C66H42. The molecule has 0 saturated carbocycles. The van der Waals surface area contributed by atoms with Crippen molar-refractivity contribution in [2.45, 2.75) is 10.8 Å². The lowest BCUT2D eigenvalue weighted by molar-refractivity contribution is 0.633. The third kappa shape index (κ3) is 4.83. The second-order valence-corrected chi connectivity index (χ2v) is 18.2. The summed E-state index contributed by atoms with van der Waals surface area (Å²) in [5, 5.41) is 4.96. The average molecular weight is 835 g/mol. The summed E-state index contributed by atoms with van der Waals surface area (Å²) < 4.78 is 0. The molecule has 0 fully saturated rings. The average Bonchev–Trinajstić information content (AvgIpc) is 3.86. The van der Waals surface area contributed by atoms with Crippen molar-refractivity contribution in [3.63, 3.8) is 0 Å². The molecule has 14 rings (SSSR count). The summed E-state index contributed by atoms with van der Waals surface area (Å²) in [5.41, 5.74) is 22.2. The number of hydrogen-bond acceptors (Lipinski definition) is 0. The van der Waals surface area contributed by atoms with Crippen LogP contribution in [0.5, 0.6) is 0 Å². The molecule has 0 radical (unpaired) electrons. The maximum absolute atomic E-state index is 2.61. The smallest absolute Gasteiger partial charge is 0.0622 e. The largest absolute Gasteiger partial charge is 0.0720 e. The summed E-state index contributed by atoms with van der Waals surface area (Å²) >= 11 is 0. The minimum atomic E-state index is -0.568. The molecule has 11 aromatic rings. The van der Waals surface area contributed by atoms with Crippen molar-refractivity contribution >= 4 is 33.2 Å². The number of benzene rings is 11. The monoisotopic (exact) mass is 834 g/mol. The molecule has 0 saturated heterocycles. The molecule has 0 heteroatoms. The highest BCUT2D eigenvalue weighted by Crippen LogP contribution is 2.67. The number of fused-ring (bicyclic) bond motifs is 18. The molecule has 0 atom stereocenters. The van der Waals surface area contributed by atoms with Crippen LogP contribution in [0.25, 0.3) is 66.6 Å². The third-order valence-electron chi connectivity index (χ3n) is 15.2. The van der Waals surface area contributed by atoms with Gasteiger partial charge in [0.1, 0.15) is 0 Å². The van der Waals surface area contributed by atoms with Crippen LogP contribution in [-0.2, 0) is 10.8 Å². The molecule has 0 aromatic heterocycles. The zero-order valence-electron chi connectivity index (χ0n) is 36.2. The summed E-state index contributed by atoms with van der Waals surface area (Å²) in [6.07, 6.45) is 2.43. The maximum atomic E-state index is 2.61. The fraction of sp³-hybridized carbons (Fsp3) is 0.0303. The van der Waals surface area contributed by atoms with Crippen molar-refractivity contribution in [1.29, 1.82) is 0 Å². The van der Waals surface area contributed by atoms with Crippen LogP contribution < -0.4 is 0 Å². The third-order valence-corrected chi connectivity index (χ3v) is 15.2. The fourth-order valence-electron chi connectivity index (χ4n) is 12.7. The Morgan fingerprint density at radius 3 is 1.05 bits per heavy atom. The molecule has 306 valence electrons. The first-order valence-electron chi connectivity index (χ1n) is 23.2. The number of hydrogen-bond donors (Lipinski definition) is 0. The van der Waals surface area contributed by atoms with Crippen molar-refractivity contribution in [2.24, 2.45) is 0 Å². The van der Waals surface area contributed by atoms with Gasteiger partial charge in [0.25, 0.3) is 0 Å². The summed E-state index contributed by atoms with van der Waals surface area (Å²) in [6, 6.07) is 93.5. The highest BCUT2D eigenvalue weighted by molar-refractivity contribution is 6.19. The van der Waals surface area contributed by atoms with Crippen molar-refractivity contribution < 1.29 is 0 Å². The highest BCUT2D eigenvalue weighted by atomic mass is 14.6. The molecule has 2 spiro atoms. The highest BCUT2D eigenvalue weighted by Gasteiger charge is 2.59. The molecular weight excluding hydrogens is 793 g/mol. The van der Waals surface area contributed by atoms with Crippen LogP contribution in [0.3, 0.4) is 0 Å². The van der Waals surface area contributed by atoms with Gasteiger partial charge in [0.05, 0.1) is 10.8 Å². The van der Waals surface area contributed by atoms with Gasteiger partial charge in [0.15, 0.2) is 0 Å². The Bertz CT molecular complexity index is 3620. The van der Waals surface area contributed by atoms with Crippen LogP contribution in [0.4, 0.5) is 0 Å². The molecule has 11 aromatic carbocycles. The normalized spacial score (nSPS) is 14.0. The number of rotatable bonds is 4. The van der Waals surface area contributed by atoms with Gasteiger partial charge >= 0.3 is 0 Å². The van der Waals surface area contributed by atoms with E-state index >= 15 is 0 Å². The lowest BCUT2D eigenvalue weighted by Crippen LogP contribution is -2.43. The first-order chi connectivity index (χ1) is 32.8. The van der Waals surface area contributed by atoms with E-state index in [0.29, 0.717) is 0 Å². The Balaban J connectivity index is 1.12. The Labute approximate surface area is 385 Å². The van der Waals surface area contributed by atoms with E-state index in [2.05, 4.69) is 255 Å². The predicted molar refractivity (Wildman–Crippen MR) is 275 cm³/mol. The Morgan fingerprint density at radius 2 is 0.606 bits per heavy atom. The zero-order chi connectivity index (χ0) is 43.4. The molecule has 0 amide bonds.